The Bertz CT molecular complexity index is 1020. The second kappa shape index (κ2) is 9.69. The first kappa shape index (κ1) is 22.6. The number of aryl methyl sites for hydroxylation is 1. The average Bonchev–Trinajstić information content (AvgIpc) is 3.02. The molecule has 1 amide bonds. The fourth-order valence-corrected chi connectivity index (χ4v) is 5.48. The third-order valence-corrected chi connectivity index (χ3v) is 7.03. The maximum absolute atomic E-state index is 12.8. The summed E-state index contributed by atoms with van der Waals surface area (Å²) in [7, 11) is -1.22. The number of thioether (sulfide) groups is 1. The van der Waals surface area contributed by atoms with Crippen LogP contribution in [0.2, 0.25) is 0 Å². The molecule has 0 aliphatic rings. The fraction of sp³-hybridized carbons (Fsp3) is 0.438. The van der Waals surface area contributed by atoms with Crippen LogP contribution in [0.15, 0.2) is 40.0 Å². The lowest BCUT2D eigenvalue weighted by atomic mass is 10.3. The number of tetrazole rings is 1. The van der Waals surface area contributed by atoms with Gasteiger partial charge in [-0.25, -0.2) is 18.0 Å². The molecule has 2 aromatic rings. The molecule has 0 saturated heterocycles. The molecule has 0 saturated carbocycles. The molecule has 1 N–H and O–H groups in total. The summed E-state index contributed by atoms with van der Waals surface area (Å²) in [5.41, 5.74) is -0.611. The molecule has 13 heteroatoms. The maximum atomic E-state index is 12.8. The minimum Gasteiger partial charge on any atom is -0.467 e. The lowest BCUT2D eigenvalue weighted by molar-refractivity contribution is -0.144. The quantitative estimate of drug-likeness (QED) is 0.501. The number of methoxy groups -OCH3 is 1. The summed E-state index contributed by atoms with van der Waals surface area (Å²) in [6.07, 6.45) is 0. The summed E-state index contributed by atoms with van der Waals surface area (Å²) in [5, 5.41) is 8.80. The van der Waals surface area contributed by atoms with Crippen molar-refractivity contribution in [3.8, 4) is 0 Å². The summed E-state index contributed by atoms with van der Waals surface area (Å²) in [6.45, 7) is 1.24. The van der Waals surface area contributed by atoms with Crippen molar-refractivity contribution in [1.82, 2.24) is 25.1 Å². The number of esters is 1. The Morgan fingerprint density at radius 1 is 1.24 bits per heavy atom. The van der Waals surface area contributed by atoms with Crippen LogP contribution in [-0.4, -0.2) is 64.7 Å². The van der Waals surface area contributed by atoms with Gasteiger partial charge in [0.05, 0.1) is 17.8 Å². The largest absolute Gasteiger partial charge is 0.467 e. The smallest absolute Gasteiger partial charge is 0.364 e. The molecule has 29 heavy (non-hydrogen) atoms. The number of nitrogens with one attached hydrogen (secondary N) is 1. The zero-order valence-electron chi connectivity index (χ0n) is 16.0. The highest BCUT2D eigenvalue weighted by Crippen LogP contribution is 2.26. The molecular weight excluding hydrogens is 422 g/mol. The topological polar surface area (TPSA) is 142 Å². The van der Waals surface area contributed by atoms with Gasteiger partial charge in [-0.05, 0) is 22.6 Å². The number of rotatable bonds is 9. The van der Waals surface area contributed by atoms with Crippen molar-refractivity contribution in [3.05, 3.63) is 40.8 Å². The van der Waals surface area contributed by atoms with E-state index in [1.807, 2.05) is 0 Å². The highest BCUT2D eigenvalue weighted by atomic mass is 32.2. The van der Waals surface area contributed by atoms with Crippen molar-refractivity contribution in [3.63, 3.8) is 0 Å². The Morgan fingerprint density at radius 3 is 2.41 bits per heavy atom. The van der Waals surface area contributed by atoms with E-state index in [9.17, 15) is 22.8 Å². The van der Waals surface area contributed by atoms with Crippen LogP contribution in [0, 0.1) is 0 Å². The molecule has 2 rings (SSSR count). The Hall–Kier alpha value is -2.67. The summed E-state index contributed by atoms with van der Waals surface area (Å²) in [6, 6.07) is 6.75. The van der Waals surface area contributed by atoms with Crippen molar-refractivity contribution in [2.24, 2.45) is 7.05 Å². The zero-order chi connectivity index (χ0) is 21.6. The molecule has 0 aliphatic carbocycles. The Kier molecular flexibility index (Phi) is 7.56. The van der Waals surface area contributed by atoms with E-state index in [1.165, 1.54) is 33.2 Å². The molecule has 1 aromatic carbocycles. The van der Waals surface area contributed by atoms with Gasteiger partial charge < -0.3 is 10.1 Å². The molecule has 1 unspecified atom stereocenters. The summed E-state index contributed by atoms with van der Waals surface area (Å²) >= 11 is 0.970. The molecule has 0 spiro atoms. The van der Waals surface area contributed by atoms with Crippen LogP contribution in [0.1, 0.15) is 12.3 Å². The summed E-state index contributed by atoms with van der Waals surface area (Å²) < 4.78 is 32.2. The van der Waals surface area contributed by atoms with E-state index in [1.54, 1.807) is 18.2 Å². The molecule has 1 aromatic heterocycles. The van der Waals surface area contributed by atoms with Gasteiger partial charge in [0.1, 0.15) is 11.4 Å². The number of hydrogen-bond acceptors (Lipinski definition) is 9. The second-order valence-corrected chi connectivity index (χ2v) is 9.23. The van der Waals surface area contributed by atoms with E-state index >= 15 is 0 Å². The van der Waals surface area contributed by atoms with Crippen LogP contribution in [0.3, 0.4) is 0 Å². The van der Waals surface area contributed by atoms with Gasteiger partial charge in [0, 0.05) is 19.7 Å². The van der Waals surface area contributed by atoms with Gasteiger partial charge in [-0.2, -0.15) is 9.36 Å². The summed E-state index contributed by atoms with van der Waals surface area (Å²) in [5.74, 6) is -1.65. The maximum Gasteiger partial charge on any atom is 0.364 e. The first-order valence-corrected chi connectivity index (χ1v) is 11.1. The van der Waals surface area contributed by atoms with Crippen LogP contribution in [0.25, 0.3) is 0 Å². The predicted octanol–water partition coefficient (Wildman–Crippen LogP) is -0.640. The van der Waals surface area contributed by atoms with Gasteiger partial charge in [-0.3, -0.25) is 4.79 Å². The fourth-order valence-electron chi connectivity index (χ4n) is 2.37. The highest BCUT2D eigenvalue weighted by Gasteiger charge is 2.29. The number of carbonyl (C=O) groups is 2. The normalized spacial score (nSPS) is 13.5. The minimum absolute atomic E-state index is 0.0375. The van der Waals surface area contributed by atoms with Gasteiger partial charge >= 0.3 is 11.7 Å². The number of amides is 1. The van der Waals surface area contributed by atoms with Gasteiger partial charge in [-0.1, -0.05) is 18.2 Å². The van der Waals surface area contributed by atoms with Crippen LogP contribution in [0.5, 0.6) is 0 Å². The van der Waals surface area contributed by atoms with E-state index in [4.69, 9.17) is 0 Å². The van der Waals surface area contributed by atoms with E-state index < -0.39 is 44.6 Å². The van der Waals surface area contributed by atoms with Gasteiger partial charge in [-0.15, -0.1) is 11.8 Å². The highest BCUT2D eigenvalue weighted by molar-refractivity contribution is 8.00. The van der Waals surface area contributed by atoms with Crippen LogP contribution in [-0.2, 0) is 31.2 Å². The number of carbonyl (C=O) groups excluding carboxylic acids is 2. The standard InChI is InChI=1S/C16H21N5O6S2/c1-11(22)17-13(15(23)27-3)9-28-14(21-16(24)20(2)18-19-21)10-29(25,26)12-7-5-4-6-8-12/h4-8,13-14H,9-10H2,1-3H3,(H,17,22)/t13-,14?/m0/s1. The molecule has 0 aliphatic heterocycles. The lowest BCUT2D eigenvalue weighted by Crippen LogP contribution is -2.43. The molecule has 11 nitrogen and oxygen atoms in total. The molecule has 0 radical (unpaired) electrons. The minimum atomic E-state index is -3.77. The monoisotopic (exact) mass is 443 g/mol. The Balaban J connectivity index is 2.31. The molecule has 158 valence electrons. The van der Waals surface area contributed by atoms with Crippen molar-refractivity contribution in [2.75, 3.05) is 18.6 Å². The third kappa shape index (κ3) is 5.90. The third-order valence-electron chi connectivity index (χ3n) is 3.80. The van der Waals surface area contributed by atoms with Crippen LogP contribution >= 0.6 is 11.8 Å². The van der Waals surface area contributed by atoms with E-state index in [2.05, 4.69) is 20.5 Å². The van der Waals surface area contributed by atoms with Crippen molar-refractivity contribution in [2.45, 2.75) is 23.2 Å². The average molecular weight is 444 g/mol. The number of aromatic nitrogens is 4. The van der Waals surface area contributed by atoms with Gasteiger partial charge in [0.15, 0.2) is 9.84 Å². The zero-order valence-corrected chi connectivity index (χ0v) is 17.6. The van der Waals surface area contributed by atoms with Crippen molar-refractivity contribution < 1.29 is 22.7 Å². The molecule has 0 bridgehead atoms. The van der Waals surface area contributed by atoms with Crippen LogP contribution in [0.4, 0.5) is 0 Å². The van der Waals surface area contributed by atoms with E-state index in [-0.39, 0.29) is 10.6 Å². The van der Waals surface area contributed by atoms with Gasteiger partial charge in [0.2, 0.25) is 5.91 Å². The van der Waals surface area contributed by atoms with Crippen LogP contribution < -0.4 is 11.0 Å². The SMILES string of the molecule is COC(=O)[C@H](CSC(CS(=O)(=O)c1ccccc1)n1nnn(C)c1=O)NC(C)=O. The Morgan fingerprint density at radius 2 is 1.90 bits per heavy atom. The van der Waals surface area contributed by atoms with Crippen molar-refractivity contribution in [1.29, 1.82) is 0 Å². The molecule has 0 fully saturated rings. The molecule has 1 heterocycles. The lowest BCUT2D eigenvalue weighted by Gasteiger charge is -2.20. The summed E-state index contributed by atoms with van der Waals surface area (Å²) in [4.78, 5) is 35.6. The number of benzene rings is 1. The number of hydrogen-bond donors (Lipinski definition) is 1. The van der Waals surface area contributed by atoms with E-state index in [0.717, 1.165) is 21.1 Å². The second-order valence-electron chi connectivity index (χ2n) is 5.99. The number of ether oxygens (including phenoxy) is 1. The van der Waals surface area contributed by atoms with Crippen molar-refractivity contribution >= 4 is 33.5 Å². The number of sulfone groups is 1. The number of nitrogens with zero attached hydrogens (tertiary/aromatic N) is 4. The first-order chi connectivity index (χ1) is 13.7. The van der Waals surface area contributed by atoms with E-state index in [0.29, 0.717) is 0 Å². The van der Waals surface area contributed by atoms with Gasteiger partial charge in [0.25, 0.3) is 0 Å². The molecular formula is C16H21N5O6S2. The first-order valence-electron chi connectivity index (χ1n) is 8.38. The predicted molar refractivity (Wildman–Crippen MR) is 105 cm³/mol. The molecule has 2 atom stereocenters. The Labute approximate surface area is 171 Å².